The predicted molar refractivity (Wildman–Crippen MR) is 65.9 cm³/mol. The van der Waals surface area contributed by atoms with Crippen LogP contribution in [-0.4, -0.2) is 21.2 Å². The van der Waals surface area contributed by atoms with Crippen molar-refractivity contribution in [3.8, 4) is 5.75 Å². The fourth-order valence-corrected chi connectivity index (χ4v) is 1.21. The number of fused-ring (bicyclic) bond motifs is 1. The van der Waals surface area contributed by atoms with Crippen molar-refractivity contribution in [2.24, 2.45) is 0 Å². The molecule has 0 spiro atoms. The van der Waals surface area contributed by atoms with Crippen molar-refractivity contribution in [2.75, 3.05) is 0 Å². The molecule has 2 aromatic rings. The van der Waals surface area contributed by atoms with Gasteiger partial charge in [0.15, 0.2) is 0 Å². The van der Waals surface area contributed by atoms with Gasteiger partial charge in [-0.3, -0.25) is 9.78 Å². The van der Waals surface area contributed by atoms with E-state index in [4.69, 9.17) is 5.11 Å². The van der Waals surface area contributed by atoms with E-state index in [-0.39, 0.29) is 12.2 Å². The Morgan fingerprint density at radius 2 is 2.06 bits per heavy atom. The maximum absolute atomic E-state index is 9.53. The molecule has 0 atom stereocenters. The number of aromatic nitrogens is 1. The molecule has 1 aromatic heterocycles. The van der Waals surface area contributed by atoms with Crippen LogP contribution in [-0.2, 0) is 4.79 Å². The van der Waals surface area contributed by atoms with Gasteiger partial charge in [0.2, 0.25) is 0 Å². The molecular weight excluding hydrogens is 218 g/mol. The topological polar surface area (TPSA) is 70.4 Å². The lowest BCUT2D eigenvalue weighted by Gasteiger charge is -1.96. The Morgan fingerprint density at radius 3 is 2.59 bits per heavy atom. The molecule has 1 heterocycles. The highest BCUT2D eigenvalue weighted by atomic mass is 16.4. The number of phenolic OH excluding ortho intramolecular Hbond substituents is 1. The van der Waals surface area contributed by atoms with E-state index >= 15 is 0 Å². The second-order valence-electron chi connectivity index (χ2n) is 3.24. The maximum atomic E-state index is 9.53. The average molecular weight is 231 g/mol. The van der Waals surface area contributed by atoms with E-state index in [1.807, 2.05) is 18.2 Å². The van der Waals surface area contributed by atoms with Crippen LogP contribution in [0.2, 0.25) is 0 Å². The number of nitrogens with zero attached hydrogens (tertiary/aromatic N) is 1. The van der Waals surface area contributed by atoms with Gasteiger partial charge in [-0.1, -0.05) is 24.3 Å². The van der Waals surface area contributed by atoms with Crippen molar-refractivity contribution in [2.45, 2.75) is 6.42 Å². The minimum atomic E-state index is -0.829. The van der Waals surface area contributed by atoms with Crippen molar-refractivity contribution >= 4 is 16.9 Å². The molecule has 0 saturated carbocycles. The molecule has 0 saturated heterocycles. The molecular formula is C13H13NO3. The molecule has 0 aliphatic heterocycles. The molecule has 17 heavy (non-hydrogen) atoms. The molecule has 0 radical (unpaired) electrons. The van der Waals surface area contributed by atoms with Crippen LogP contribution >= 0.6 is 0 Å². The minimum absolute atomic E-state index is 0.0556. The first-order chi connectivity index (χ1) is 8.15. The van der Waals surface area contributed by atoms with Gasteiger partial charge in [-0.25, -0.2) is 0 Å². The third-order valence-electron chi connectivity index (χ3n) is 1.93. The Morgan fingerprint density at radius 1 is 1.35 bits per heavy atom. The zero-order valence-electron chi connectivity index (χ0n) is 9.21. The van der Waals surface area contributed by atoms with E-state index in [9.17, 15) is 9.90 Å². The number of aromatic hydroxyl groups is 1. The Hall–Kier alpha value is -2.36. The zero-order valence-corrected chi connectivity index (χ0v) is 9.21. The molecule has 4 heteroatoms. The lowest BCUT2D eigenvalue weighted by Crippen LogP contribution is -1.88. The molecule has 0 aliphatic carbocycles. The van der Waals surface area contributed by atoms with Crippen LogP contribution in [0.3, 0.4) is 0 Å². The summed E-state index contributed by atoms with van der Waals surface area (Å²) in [4.78, 5) is 13.6. The highest BCUT2D eigenvalue weighted by Crippen LogP contribution is 2.20. The van der Waals surface area contributed by atoms with Gasteiger partial charge in [0.25, 0.3) is 0 Å². The Labute approximate surface area is 98.9 Å². The number of rotatable bonds is 2. The largest absolute Gasteiger partial charge is 0.506 e. The van der Waals surface area contributed by atoms with Crippen molar-refractivity contribution in [3.63, 3.8) is 0 Å². The van der Waals surface area contributed by atoms with Crippen LogP contribution in [0.1, 0.15) is 6.42 Å². The summed E-state index contributed by atoms with van der Waals surface area (Å²) in [5.41, 5.74) is 0.662. The zero-order chi connectivity index (χ0) is 12.7. The summed E-state index contributed by atoms with van der Waals surface area (Å²) in [6.45, 7) is 3.22. The van der Waals surface area contributed by atoms with Gasteiger partial charge in [0.05, 0.1) is 6.42 Å². The van der Waals surface area contributed by atoms with Gasteiger partial charge in [0, 0.05) is 11.6 Å². The van der Waals surface area contributed by atoms with E-state index < -0.39 is 5.97 Å². The van der Waals surface area contributed by atoms with Crippen molar-refractivity contribution < 1.29 is 15.0 Å². The number of hydrogen-bond acceptors (Lipinski definition) is 3. The molecule has 0 fully saturated rings. The van der Waals surface area contributed by atoms with E-state index in [1.165, 1.54) is 6.08 Å². The monoisotopic (exact) mass is 231 g/mol. The van der Waals surface area contributed by atoms with Crippen LogP contribution in [0.5, 0.6) is 5.75 Å². The smallest absolute Gasteiger partial charge is 0.307 e. The normalized spacial score (nSPS) is 9.18. The van der Waals surface area contributed by atoms with Gasteiger partial charge in [0.1, 0.15) is 11.3 Å². The number of carboxylic acids is 1. The Balaban J connectivity index is 0.000000209. The lowest BCUT2D eigenvalue weighted by atomic mass is 10.2. The van der Waals surface area contributed by atoms with Gasteiger partial charge >= 0.3 is 5.97 Å². The maximum Gasteiger partial charge on any atom is 0.307 e. The molecule has 1 aromatic carbocycles. The third kappa shape index (κ3) is 3.95. The number of aliphatic carboxylic acids is 1. The third-order valence-corrected chi connectivity index (χ3v) is 1.93. The van der Waals surface area contributed by atoms with Crippen LogP contribution < -0.4 is 0 Å². The fourth-order valence-electron chi connectivity index (χ4n) is 1.21. The number of pyridine rings is 1. The molecule has 0 unspecified atom stereocenters. The SMILES string of the molecule is C=CCC(=O)O.Oc1cccc2cccnc12. The summed E-state index contributed by atoms with van der Waals surface area (Å²) in [5, 5.41) is 18.1. The second kappa shape index (κ2) is 6.27. The van der Waals surface area contributed by atoms with E-state index in [2.05, 4.69) is 11.6 Å². The summed E-state index contributed by atoms with van der Waals surface area (Å²) in [7, 11) is 0. The number of carboxylic acid groups (broad SMARTS) is 1. The van der Waals surface area contributed by atoms with E-state index in [1.54, 1.807) is 18.3 Å². The highest BCUT2D eigenvalue weighted by molar-refractivity contribution is 5.83. The summed E-state index contributed by atoms with van der Waals surface area (Å²) in [6.07, 6.45) is 3.07. The average Bonchev–Trinajstić information content (AvgIpc) is 2.30. The molecule has 0 bridgehead atoms. The first kappa shape index (κ1) is 12.7. The van der Waals surface area contributed by atoms with Crippen LogP contribution in [0.15, 0.2) is 49.2 Å². The van der Waals surface area contributed by atoms with Gasteiger partial charge in [-0.2, -0.15) is 0 Å². The van der Waals surface area contributed by atoms with Crippen molar-refractivity contribution in [1.29, 1.82) is 0 Å². The number of para-hydroxylation sites is 1. The van der Waals surface area contributed by atoms with Crippen LogP contribution in [0, 0.1) is 0 Å². The molecule has 4 nitrogen and oxygen atoms in total. The lowest BCUT2D eigenvalue weighted by molar-refractivity contribution is -0.135. The first-order valence-corrected chi connectivity index (χ1v) is 5.00. The molecule has 2 N–H and O–H groups in total. The van der Waals surface area contributed by atoms with Gasteiger partial charge in [-0.15, -0.1) is 6.58 Å². The minimum Gasteiger partial charge on any atom is -0.506 e. The van der Waals surface area contributed by atoms with Crippen molar-refractivity contribution in [3.05, 3.63) is 49.2 Å². The standard InChI is InChI=1S/C9H7NO.C4H6O2/c11-8-5-1-3-7-4-2-6-10-9(7)8;1-2-3-4(5)6/h1-6,11H;2H,1,3H2,(H,5,6). The number of carbonyl (C=O) groups is 1. The van der Waals surface area contributed by atoms with E-state index in [0.717, 1.165) is 5.39 Å². The summed E-state index contributed by atoms with van der Waals surface area (Å²) < 4.78 is 0. The number of benzene rings is 1. The molecule has 0 aliphatic rings. The first-order valence-electron chi connectivity index (χ1n) is 5.00. The van der Waals surface area contributed by atoms with Crippen molar-refractivity contribution in [1.82, 2.24) is 4.98 Å². The Bertz CT molecular complexity index is 518. The molecule has 0 amide bonds. The van der Waals surface area contributed by atoms with Crippen LogP contribution in [0.4, 0.5) is 0 Å². The number of phenols is 1. The van der Waals surface area contributed by atoms with Crippen LogP contribution in [0.25, 0.3) is 10.9 Å². The highest BCUT2D eigenvalue weighted by Gasteiger charge is 1.96. The van der Waals surface area contributed by atoms with E-state index in [0.29, 0.717) is 5.52 Å². The predicted octanol–water partition coefficient (Wildman–Crippen LogP) is 2.59. The number of hydrogen-bond donors (Lipinski definition) is 2. The quantitative estimate of drug-likeness (QED) is 0.779. The van der Waals surface area contributed by atoms with Gasteiger partial charge in [-0.05, 0) is 12.1 Å². The second-order valence-corrected chi connectivity index (χ2v) is 3.24. The Kier molecular flexibility index (Phi) is 4.69. The van der Waals surface area contributed by atoms with Gasteiger partial charge < -0.3 is 10.2 Å². The fraction of sp³-hybridized carbons (Fsp3) is 0.0769. The summed E-state index contributed by atoms with van der Waals surface area (Å²) in [5.74, 6) is -0.590. The summed E-state index contributed by atoms with van der Waals surface area (Å²) in [6, 6.07) is 9.13. The summed E-state index contributed by atoms with van der Waals surface area (Å²) >= 11 is 0. The molecule has 2 rings (SSSR count). The molecule has 88 valence electrons.